The first-order valence-electron chi connectivity index (χ1n) is 11.5. The van der Waals surface area contributed by atoms with Crippen molar-refractivity contribution in [2.24, 2.45) is 5.10 Å². The number of hydrogen-bond acceptors (Lipinski definition) is 8. The molecule has 0 bridgehead atoms. The molecule has 31 heavy (non-hydrogen) atoms. The monoisotopic (exact) mass is 423 g/mol. The summed E-state index contributed by atoms with van der Waals surface area (Å²) < 4.78 is 5.21. The minimum absolute atomic E-state index is 0.498. The van der Waals surface area contributed by atoms with E-state index in [0.717, 1.165) is 49.4 Å². The topological polar surface area (TPSA) is 78.8 Å². The highest BCUT2D eigenvalue weighted by atomic mass is 16.5. The Bertz CT molecular complexity index is 801. The maximum Gasteiger partial charge on any atom is 0.250 e. The lowest BCUT2D eigenvalue weighted by molar-refractivity contribution is 0.415. The van der Waals surface area contributed by atoms with Crippen molar-refractivity contribution >= 4 is 24.1 Å². The van der Waals surface area contributed by atoms with E-state index in [2.05, 4.69) is 20.3 Å². The van der Waals surface area contributed by atoms with Crippen molar-refractivity contribution in [2.75, 3.05) is 48.5 Å². The molecule has 0 saturated carbocycles. The van der Waals surface area contributed by atoms with Crippen molar-refractivity contribution in [3.63, 3.8) is 0 Å². The summed E-state index contributed by atoms with van der Waals surface area (Å²) in [7, 11) is 1.66. The number of hydrogen-bond donors (Lipinski definition) is 1. The predicted octanol–water partition coefficient (Wildman–Crippen LogP) is 4.09. The first-order valence-corrected chi connectivity index (χ1v) is 11.5. The van der Waals surface area contributed by atoms with Gasteiger partial charge in [0, 0.05) is 26.2 Å². The van der Waals surface area contributed by atoms with Gasteiger partial charge in [0.15, 0.2) is 0 Å². The standard InChI is InChI=1S/C23H33N7O/c1-31-20-12-10-19(11-13-20)18-24-28-21-25-22(29-14-6-2-3-7-15-29)27-23(26-21)30-16-8-4-5-9-17-30/h10-13,18H,2-9,14-17H2,1H3,(H,25,26,27,28)/b24-18+. The Morgan fingerprint density at radius 1 is 0.774 bits per heavy atom. The fraction of sp³-hybridized carbons (Fsp3) is 0.565. The molecule has 2 aromatic rings. The van der Waals surface area contributed by atoms with Gasteiger partial charge in [0.25, 0.3) is 0 Å². The molecule has 2 fully saturated rings. The Kier molecular flexibility index (Phi) is 7.52. The zero-order valence-electron chi connectivity index (χ0n) is 18.5. The summed E-state index contributed by atoms with van der Waals surface area (Å²) in [6, 6.07) is 7.75. The van der Waals surface area contributed by atoms with E-state index < -0.39 is 0 Å². The molecule has 0 radical (unpaired) electrons. The van der Waals surface area contributed by atoms with Crippen LogP contribution in [0.1, 0.15) is 56.9 Å². The molecule has 8 nitrogen and oxygen atoms in total. The van der Waals surface area contributed by atoms with E-state index in [9.17, 15) is 0 Å². The smallest absolute Gasteiger partial charge is 0.250 e. The molecule has 0 atom stereocenters. The number of hydrazone groups is 1. The number of ether oxygens (including phenoxy) is 1. The minimum Gasteiger partial charge on any atom is -0.497 e. The zero-order valence-corrected chi connectivity index (χ0v) is 18.5. The van der Waals surface area contributed by atoms with Gasteiger partial charge in [-0.05, 0) is 55.5 Å². The van der Waals surface area contributed by atoms with Crippen LogP contribution in [-0.4, -0.2) is 54.5 Å². The first kappa shape index (κ1) is 21.3. The maximum absolute atomic E-state index is 5.21. The van der Waals surface area contributed by atoms with Crippen LogP contribution in [0.4, 0.5) is 17.8 Å². The molecular weight excluding hydrogens is 390 g/mol. The molecule has 1 aromatic heterocycles. The van der Waals surface area contributed by atoms with Crippen molar-refractivity contribution < 1.29 is 4.74 Å². The quantitative estimate of drug-likeness (QED) is 0.554. The molecule has 166 valence electrons. The Hall–Kier alpha value is -2.90. The molecule has 2 aliphatic rings. The van der Waals surface area contributed by atoms with E-state index in [-0.39, 0.29) is 0 Å². The fourth-order valence-corrected chi connectivity index (χ4v) is 4.08. The van der Waals surface area contributed by atoms with Gasteiger partial charge in [-0.15, -0.1) is 0 Å². The van der Waals surface area contributed by atoms with Gasteiger partial charge < -0.3 is 14.5 Å². The number of nitrogens with zero attached hydrogens (tertiary/aromatic N) is 6. The SMILES string of the molecule is COc1ccc(/C=N/Nc2nc(N3CCCCCC3)nc(N3CCCCCC3)n2)cc1. The third kappa shape index (κ3) is 6.06. The normalized spacial score (nSPS) is 18.0. The number of nitrogens with one attached hydrogen (secondary N) is 1. The van der Waals surface area contributed by atoms with Crippen molar-refractivity contribution in [3.05, 3.63) is 29.8 Å². The summed E-state index contributed by atoms with van der Waals surface area (Å²) >= 11 is 0. The molecule has 0 amide bonds. The molecule has 8 heteroatoms. The number of benzene rings is 1. The van der Waals surface area contributed by atoms with Crippen molar-refractivity contribution in [2.45, 2.75) is 51.4 Å². The van der Waals surface area contributed by atoms with Gasteiger partial charge in [-0.2, -0.15) is 20.1 Å². The Labute approximate surface area is 184 Å². The molecule has 4 rings (SSSR count). The van der Waals surface area contributed by atoms with E-state index in [1.165, 1.54) is 51.4 Å². The Morgan fingerprint density at radius 2 is 1.29 bits per heavy atom. The molecule has 2 saturated heterocycles. The molecular formula is C23H33N7O. The molecule has 0 unspecified atom stereocenters. The highest BCUT2D eigenvalue weighted by molar-refractivity contribution is 5.80. The third-order valence-electron chi connectivity index (χ3n) is 5.88. The lowest BCUT2D eigenvalue weighted by Gasteiger charge is -2.24. The lowest BCUT2D eigenvalue weighted by Crippen LogP contribution is -2.30. The summed E-state index contributed by atoms with van der Waals surface area (Å²) in [5, 5.41) is 4.37. The predicted molar refractivity (Wildman–Crippen MR) is 125 cm³/mol. The van der Waals surface area contributed by atoms with E-state index in [4.69, 9.17) is 19.7 Å². The van der Waals surface area contributed by atoms with Gasteiger partial charge in [0.1, 0.15) is 5.75 Å². The highest BCUT2D eigenvalue weighted by Gasteiger charge is 2.19. The van der Waals surface area contributed by atoms with Crippen LogP contribution < -0.4 is 20.0 Å². The second-order valence-corrected chi connectivity index (χ2v) is 8.20. The number of rotatable bonds is 6. The van der Waals surface area contributed by atoms with Crippen LogP contribution in [0.15, 0.2) is 29.4 Å². The van der Waals surface area contributed by atoms with Crippen molar-refractivity contribution in [3.8, 4) is 5.75 Å². The average Bonchev–Trinajstić information content (AvgIpc) is 3.25. The maximum atomic E-state index is 5.21. The van der Waals surface area contributed by atoms with Gasteiger partial charge in [0.05, 0.1) is 13.3 Å². The van der Waals surface area contributed by atoms with Gasteiger partial charge in [-0.25, -0.2) is 5.43 Å². The number of anilines is 3. The van der Waals surface area contributed by atoms with Crippen LogP contribution in [0.5, 0.6) is 5.75 Å². The molecule has 1 aromatic carbocycles. The van der Waals surface area contributed by atoms with Gasteiger partial charge in [-0.3, -0.25) is 0 Å². The van der Waals surface area contributed by atoms with E-state index in [1.807, 2.05) is 24.3 Å². The summed E-state index contributed by atoms with van der Waals surface area (Å²) in [5.74, 6) is 2.85. The van der Waals surface area contributed by atoms with E-state index in [0.29, 0.717) is 5.95 Å². The minimum atomic E-state index is 0.498. The Morgan fingerprint density at radius 3 is 1.77 bits per heavy atom. The summed E-state index contributed by atoms with van der Waals surface area (Å²) in [6.45, 7) is 3.99. The summed E-state index contributed by atoms with van der Waals surface area (Å²) in [4.78, 5) is 18.9. The summed E-state index contributed by atoms with van der Waals surface area (Å²) in [6.07, 6.45) is 11.6. The highest BCUT2D eigenvalue weighted by Crippen LogP contribution is 2.22. The number of aromatic nitrogens is 3. The molecule has 2 aliphatic heterocycles. The van der Waals surface area contributed by atoms with Crippen LogP contribution in [0.25, 0.3) is 0 Å². The average molecular weight is 424 g/mol. The molecule has 1 N–H and O–H groups in total. The molecule has 0 aliphatic carbocycles. The molecule has 3 heterocycles. The van der Waals surface area contributed by atoms with Crippen LogP contribution in [0.3, 0.4) is 0 Å². The van der Waals surface area contributed by atoms with Gasteiger partial charge in [-0.1, -0.05) is 25.7 Å². The number of methoxy groups -OCH3 is 1. The van der Waals surface area contributed by atoms with E-state index in [1.54, 1.807) is 13.3 Å². The first-order chi connectivity index (χ1) is 15.3. The van der Waals surface area contributed by atoms with Gasteiger partial charge in [0.2, 0.25) is 17.8 Å². The van der Waals surface area contributed by atoms with Crippen LogP contribution in [-0.2, 0) is 0 Å². The largest absolute Gasteiger partial charge is 0.497 e. The van der Waals surface area contributed by atoms with Crippen molar-refractivity contribution in [1.82, 2.24) is 15.0 Å². The van der Waals surface area contributed by atoms with Crippen LogP contribution in [0, 0.1) is 0 Å². The van der Waals surface area contributed by atoms with Gasteiger partial charge >= 0.3 is 0 Å². The van der Waals surface area contributed by atoms with Crippen LogP contribution >= 0.6 is 0 Å². The summed E-state index contributed by atoms with van der Waals surface area (Å²) in [5.41, 5.74) is 4.01. The van der Waals surface area contributed by atoms with Crippen LogP contribution in [0.2, 0.25) is 0 Å². The molecule has 0 spiro atoms. The Balaban J connectivity index is 1.54. The van der Waals surface area contributed by atoms with Crippen molar-refractivity contribution in [1.29, 1.82) is 0 Å². The second kappa shape index (κ2) is 10.9. The third-order valence-corrected chi connectivity index (χ3v) is 5.88. The lowest BCUT2D eigenvalue weighted by atomic mass is 10.2. The second-order valence-electron chi connectivity index (χ2n) is 8.20. The fourth-order valence-electron chi connectivity index (χ4n) is 4.08. The van der Waals surface area contributed by atoms with E-state index >= 15 is 0 Å². The zero-order chi connectivity index (χ0) is 21.3.